The van der Waals surface area contributed by atoms with Gasteiger partial charge >= 0.3 is 0 Å². The maximum absolute atomic E-state index is 12.5. The lowest BCUT2D eigenvalue weighted by Gasteiger charge is -2.19. The number of aromatic nitrogens is 1. The highest BCUT2D eigenvalue weighted by Crippen LogP contribution is 2.20. The first-order valence-corrected chi connectivity index (χ1v) is 6.94. The molecular formula is C18H18N2O2. The number of ether oxygens (including phenoxy) is 1. The van der Waals surface area contributed by atoms with Crippen molar-refractivity contribution in [3.8, 4) is 11.6 Å². The highest BCUT2D eigenvalue weighted by molar-refractivity contribution is 5.94. The number of benzene rings is 1. The molecule has 2 rings (SSSR count). The van der Waals surface area contributed by atoms with Gasteiger partial charge in [0.05, 0.1) is 0 Å². The van der Waals surface area contributed by atoms with E-state index >= 15 is 0 Å². The van der Waals surface area contributed by atoms with Gasteiger partial charge in [0.25, 0.3) is 5.91 Å². The van der Waals surface area contributed by atoms with E-state index < -0.39 is 0 Å². The van der Waals surface area contributed by atoms with Gasteiger partial charge in [0.1, 0.15) is 5.75 Å². The van der Waals surface area contributed by atoms with Gasteiger partial charge in [-0.25, -0.2) is 4.98 Å². The zero-order chi connectivity index (χ0) is 15.8. The summed E-state index contributed by atoms with van der Waals surface area (Å²) in [5, 5.41) is 0. The van der Waals surface area contributed by atoms with E-state index in [1.54, 1.807) is 53.6 Å². The minimum Gasteiger partial charge on any atom is -0.439 e. The second-order valence-electron chi connectivity index (χ2n) is 4.59. The molecule has 0 atom stereocenters. The third kappa shape index (κ3) is 4.06. The van der Waals surface area contributed by atoms with E-state index in [1.807, 2.05) is 12.1 Å². The monoisotopic (exact) mass is 294 g/mol. The third-order valence-electron chi connectivity index (χ3n) is 2.93. The molecule has 1 aromatic heterocycles. The van der Waals surface area contributed by atoms with Gasteiger partial charge in [-0.1, -0.05) is 24.3 Å². The van der Waals surface area contributed by atoms with E-state index in [-0.39, 0.29) is 5.91 Å². The molecule has 0 spiro atoms. The molecule has 22 heavy (non-hydrogen) atoms. The van der Waals surface area contributed by atoms with Gasteiger partial charge in [-0.2, -0.15) is 0 Å². The second kappa shape index (κ2) is 7.78. The minimum atomic E-state index is -0.0914. The number of pyridine rings is 1. The normalized spacial score (nSPS) is 9.82. The van der Waals surface area contributed by atoms with Crippen LogP contribution in [0.5, 0.6) is 11.6 Å². The molecule has 4 heteroatoms. The van der Waals surface area contributed by atoms with Crippen LogP contribution in [0.4, 0.5) is 0 Å². The largest absolute Gasteiger partial charge is 0.439 e. The quantitative estimate of drug-likeness (QED) is 0.731. The standard InChI is InChI=1S/C18H18N2O2/c1-3-12-20(13-4-2)18(21)15-8-7-9-16(14-15)22-17-10-5-6-11-19-17/h3-11,14H,1-2,12-13H2. The van der Waals surface area contributed by atoms with E-state index in [0.29, 0.717) is 30.3 Å². The van der Waals surface area contributed by atoms with Crippen molar-refractivity contribution in [2.75, 3.05) is 13.1 Å². The smallest absolute Gasteiger partial charge is 0.254 e. The van der Waals surface area contributed by atoms with Gasteiger partial charge in [-0.05, 0) is 24.3 Å². The Morgan fingerprint density at radius 1 is 1.14 bits per heavy atom. The first-order chi connectivity index (χ1) is 10.7. The van der Waals surface area contributed by atoms with Gasteiger partial charge in [-0.15, -0.1) is 13.2 Å². The number of hydrogen-bond acceptors (Lipinski definition) is 3. The summed E-state index contributed by atoms with van der Waals surface area (Å²) in [5.74, 6) is 0.967. The molecule has 0 saturated carbocycles. The van der Waals surface area contributed by atoms with Crippen LogP contribution in [0.3, 0.4) is 0 Å². The van der Waals surface area contributed by atoms with Crippen molar-refractivity contribution in [2.24, 2.45) is 0 Å². The molecule has 2 aromatic rings. The van der Waals surface area contributed by atoms with Crippen LogP contribution in [0.25, 0.3) is 0 Å². The van der Waals surface area contributed by atoms with Gasteiger partial charge in [0.15, 0.2) is 0 Å². The van der Waals surface area contributed by atoms with Crippen LogP contribution in [0, 0.1) is 0 Å². The van der Waals surface area contributed by atoms with Crippen molar-refractivity contribution in [1.29, 1.82) is 0 Å². The van der Waals surface area contributed by atoms with E-state index in [0.717, 1.165) is 0 Å². The zero-order valence-corrected chi connectivity index (χ0v) is 12.3. The van der Waals surface area contributed by atoms with Crippen LogP contribution in [-0.4, -0.2) is 28.9 Å². The molecule has 0 aliphatic rings. The Labute approximate surface area is 130 Å². The number of carbonyl (C=O) groups excluding carboxylic acids is 1. The van der Waals surface area contributed by atoms with Crippen molar-refractivity contribution in [3.63, 3.8) is 0 Å². The molecule has 0 unspecified atom stereocenters. The van der Waals surface area contributed by atoms with Gasteiger partial charge in [-0.3, -0.25) is 4.79 Å². The summed E-state index contributed by atoms with van der Waals surface area (Å²) < 4.78 is 5.65. The highest BCUT2D eigenvalue weighted by atomic mass is 16.5. The number of nitrogens with zero attached hydrogens (tertiary/aromatic N) is 2. The average molecular weight is 294 g/mol. The number of carbonyl (C=O) groups is 1. The fourth-order valence-corrected chi connectivity index (χ4v) is 1.96. The lowest BCUT2D eigenvalue weighted by atomic mass is 10.2. The number of rotatable bonds is 7. The van der Waals surface area contributed by atoms with E-state index in [9.17, 15) is 4.79 Å². The predicted octanol–water partition coefficient (Wildman–Crippen LogP) is 3.69. The first-order valence-electron chi connectivity index (χ1n) is 6.94. The number of hydrogen-bond donors (Lipinski definition) is 0. The van der Waals surface area contributed by atoms with Gasteiger partial charge < -0.3 is 9.64 Å². The van der Waals surface area contributed by atoms with E-state index in [4.69, 9.17) is 4.74 Å². The molecule has 0 radical (unpaired) electrons. The van der Waals surface area contributed by atoms with Crippen molar-refractivity contribution < 1.29 is 9.53 Å². The topological polar surface area (TPSA) is 42.4 Å². The fraction of sp³-hybridized carbons (Fsp3) is 0.111. The zero-order valence-electron chi connectivity index (χ0n) is 12.3. The Hall–Kier alpha value is -2.88. The van der Waals surface area contributed by atoms with Crippen LogP contribution in [0.1, 0.15) is 10.4 Å². The van der Waals surface area contributed by atoms with Crippen LogP contribution in [0.2, 0.25) is 0 Å². The summed E-state index contributed by atoms with van der Waals surface area (Å²) in [4.78, 5) is 18.2. The van der Waals surface area contributed by atoms with Crippen molar-refractivity contribution in [3.05, 3.63) is 79.5 Å². The molecule has 1 heterocycles. The first kappa shape index (κ1) is 15.5. The summed E-state index contributed by atoms with van der Waals surface area (Å²) in [6.07, 6.45) is 5.03. The summed E-state index contributed by atoms with van der Waals surface area (Å²) in [6.45, 7) is 8.28. The molecule has 4 nitrogen and oxygen atoms in total. The van der Waals surface area contributed by atoms with Crippen LogP contribution >= 0.6 is 0 Å². The fourth-order valence-electron chi connectivity index (χ4n) is 1.96. The summed E-state index contributed by atoms with van der Waals surface area (Å²) in [5.41, 5.74) is 0.553. The minimum absolute atomic E-state index is 0.0914. The lowest BCUT2D eigenvalue weighted by Crippen LogP contribution is -2.31. The number of amides is 1. The second-order valence-corrected chi connectivity index (χ2v) is 4.59. The Kier molecular flexibility index (Phi) is 5.49. The van der Waals surface area contributed by atoms with Crippen molar-refractivity contribution >= 4 is 5.91 Å². The average Bonchev–Trinajstić information content (AvgIpc) is 2.55. The van der Waals surface area contributed by atoms with Gasteiger partial charge in [0.2, 0.25) is 5.88 Å². The summed E-state index contributed by atoms with van der Waals surface area (Å²) in [7, 11) is 0. The van der Waals surface area contributed by atoms with Crippen molar-refractivity contribution in [2.45, 2.75) is 0 Å². The van der Waals surface area contributed by atoms with Crippen LogP contribution in [0.15, 0.2) is 74.0 Å². The van der Waals surface area contributed by atoms with Crippen LogP contribution < -0.4 is 4.74 Å². The molecule has 1 amide bonds. The molecule has 0 bridgehead atoms. The summed E-state index contributed by atoms with van der Waals surface area (Å²) in [6, 6.07) is 12.4. The lowest BCUT2D eigenvalue weighted by molar-refractivity contribution is 0.0790. The molecule has 0 N–H and O–H groups in total. The molecule has 112 valence electrons. The molecule has 0 fully saturated rings. The van der Waals surface area contributed by atoms with Crippen molar-refractivity contribution in [1.82, 2.24) is 9.88 Å². The molecule has 0 aliphatic carbocycles. The molecular weight excluding hydrogens is 276 g/mol. The Morgan fingerprint density at radius 3 is 2.55 bits per heavy atom. The van der Waals surface area contributed by atoms with E-state index in [1.165, 1.54) is 0 Å². The Morgan fingerprint density at radius 2 is 1.91 bits per heavy atom. The van der Waals surface area contributed by atoms with Crippen LogP contribution in [-0.2, 0) is 0 Å². The Bertz CT molecular complexity index is 643. The predicted molar refractivity (Wildman–Crippen MR) is 87.1 cm³/mol. The maximum Gasteiger partial charge on any atom is 0.254 e. The van der Waals surface area contributed by atoms with Gasteiger partial charge in [0, 0.05) is 30.9 Å². The maximum atomic E-state index is 12.5. The third-order valence-corrected chi connectivity index (χ3v) is 2.93. The molecule has 0 aliphatic heterocycles. The SMILES string of the molecule is C=CCN(CC=C)C(=O)c1cccc(Oc2ccccn2)c1. The Balaban J connectivity index is 2.18. The summed E-state index contributed by atoms with van der Waals surface area (Å²) >= 11 is 0. The van der Waals surface area contributed by atoms with E-state index in [2.05, 4.69) is 18.1 Å². The highest BCUT2D eigenvalue weighted by Gasteiger charge is 2.14. The molecule has 1 aromatic carbocycles. The molecule has 0 saturated heterocycles.